The van der Waals surface area contributed by atoms with Crippen molar-refractivity contribution in [3.05, 3.63) is 60.2 Å². The number of aliphatic hydroxyl groups is 1. The van der Waals surface area contributed by atoms with Gasteiger partial charge in [0.15, 0.2) is 0 Å². The van der Waals surface area contributed by atoms with Crippen LogP contribution in [0.3, 0.4) is 0 Å². The van der Waals surface area contributed by atoms with Gasteiger partial charge in [0.1, 0.15) is 11.5 Å². The van der Waals surface area contributed by atoms with Gasteiger partial charge in [-0.15, -0.1) is 0 Å². The van der Waals surface area contributed by atoms with Gasteiger partial charge in [0.05, 0.1) is 12.1 Å². The molecule has 2 rings (SSSR count). The normalized spacial score (nSPS) is 13.9. The van der Waals surface area contributed by atoms with Crippen LogP contribution in [0.25, 0.3) is 0 Å². The Balaban J connectivity index is 2.09. The van der Waals surface area contributed by atoms with E-state index < -0.39 is 6.10 Å². The summed E-state index contributed by atoms with van der Waals surface area (Å²) in [7, 11) is 0. The molecule has 0 unspecified atom stereocenters. The van der Waals surface area contributed by atoms with Gasteiger partial charge in [-0.05, 0) is 36.8 Å². The van der Waals surface area contributed by atoms with Crippen molar-refractivity contribution in [2.45, 2.75) is 19.1 Å². The number of ether oxygens (including phenoxy) is 1. The van der Waals surface area contributed by atoms with Gasteiger partial charge in [0.25, 0.3) is 0 Å². The molecule has 0 amide bonds. The first-order valence-electron chi connectivity index (χ1n) is 5.93. The van der Waals surface area contributed by atoms with Gasteiger partial charge in [0, 0.05) is 0 Å². The summed E-state index contributed by atoms with van der Waals surface area (Å²) >= 11 is 0. The van der Waals surface area contributed by atoms with E-state index in [0.717, 1.165) is 17.1 Å². The number of para-hydroxylation sites is 1. The van der Waals surface area contributed by atoms with Crippen LogP contribution in [-0.4, -0.2) is 11.2 Å². The zero-order valence-electron chi connectivity index (χ0n) is 10.3. The van der Waals surface area contributed by atoms with Crippen LogP contribution in [0.1, 0.15) is 18.5 Å². The Morgan fingerprint density at radius 3 is 2.06 bits per heavy atom. The lowest BCUT2D eigenvalue weighted by Gasteiger charge is -2.15. The number of rotatable bonds is 4. The molecular formula is C15H17NO2. The topological polar surface area (TPSA) is 55.5 Å². The van der Waals surface area contributed by atoms with Crippen molar-refractivity contribution in [1.82, 2.24) is 0 Å². The van der Waals surface area contributed by atoms with E-state index in [9.17, 15) is 5.11 Å². The van der Waals surface area contributed by atoms with Crippen molar-refractivity contribution >= 4 is 0 Å². The molecule has 0 saturated carbocycles. The van der Waals surface area contributed by atoms with Gasteiger partial charge in [-0.25, -0.2) is 0 Å². The molecule has 0 saturated heterocycles. The van der Waals surface area contributed by atoms with E-state index in [1.54, 1.807) is 6.92 Å². The number of hydrogen-bond acceptors (Lipinski definition) is 3. The zero-order valence-corrected chi connectivity index (χ0v) is 10.3. The lowest BCUT2D eigenvalue weighted by atomic mass is 10.0. The first-order chi connectivity index (χ1) is 8.66. The molecule has 2 atom stereocenters. The molecule has 3 N–H and O–H groups in total. The molecule has 0 aromatic heterocycles. The van der Waals surface area contributed by atoms with Crippen molar-refractivity contribution in [1.29, 1.82) is 0 Å². The lowest BCUT2D eigenvalue weighted by Crippen LogP contribution is -2.22. The average molecular weight is 243 g/mol. The molecule has 0 fully saturated rings. The predicted octanol–water partition coefficient (Wildman–Crippen LogP) is 2.86. The number of aliphatic hydroxyl groups excluding tert-OH is 1. The first-order valence-corrected chi connectivity index (χ1v) is 5.93. The third-order valence-electron chi connectivity index (χ3n) is 2.76. The van der Waals surface area contributed by atoms with E-state index >= 15 is 0 Å². The first kappa shape index (κ1) is 12.6. The van der Waals surface area contributed by atoms with Gasteiger partial charge in [-0.2, -0.15) is 0 Å². The van der Waals surface area contributed by atoms with E-state index in [1.165, 1.54) is 0 Å². The van der Waals surface area contributed by atoms with Crippen LogP contribution in [0.2, 0.25) is 0 Å². The summed E-state index contributed by atoms with van der Waals surface area (Å²) in [6.07, 6.45) is -0.564. The largest absolute Gasteiger partial charge is 0.457 e. The molecule has 0 aliphatic carbocycles. The Morgan fingerprint density at radius 2 is 1.50 bits per heavy atom. The summed E-state index contributed by atoms with van der Waals surface area (Å²) < 4.78 is 5.67. The van der Waals surface area contributed by atoms with Gasteiger partial charge < -0.3 is 15.6 Å². The molecule has 0 radical (unpaired) electrons. The maximum atomic E-state index is 9.42. The Labute approximate surface area is 107 Å². The van der Waals surface area contributed by atoms with Crippen LogP contribution in [0.15, 0.2) is 54.6 Å². The van der Waals surface area contributed by atoms with Crippen molar-refractivity contribution in [2.24, 2.45) is 5.73 Å². The van der Waals surface area contributed by atoms with E-state index in [4.69, 9.17) is 10.5 Å². The molecule has 2 aromatic carbocycles. The second-order valence-electron chi connectivity index (χ2n) is 4.25. The summed E-state index contributed by atoms with van der Waals surface area (Å²) in [5, 5.41) is 9.42. The number of benzene rings is 2. The lowest BCUT2D eigenvalue weighted by molar-refractivity contribution is 0.164. The number of hydrogen-bond donors (Lipinski definition) is 2. The van der Waals surface area contributed by atoms with Gasteiger partial charge >= 0.3 is 0 Å². The second kappa shape index (κ2) is 5.67. The van der Waals surface area contributed by atoms with Crippen molar-refractivity contribution in [3.8, 4) is 11.5 Å². The molecule has 0 spiro atoms. The van der Waals surface area contributed by atoms with E-state index in [-0.39, 0.29) is 6.04 Å². The van der Waals surface area contributed by atoms with E-state index in [2.05, 4.69) is 0 Å². The van der Waals surface area contributed by atoms with E-state index in [1.807, 2.05) is 54.6 Å². The van der Waals surface area contributed by atoms with Crippen LogP contribution in [0, 0.1) is 0 Å². The highest BCUT2D eigenvalue weighted by Crippen LogP contribution is 2.23. The molecule has 2 aromatic rings. The van der Waals surface area contributed by atoms with Crippen LogP contribution in [0.4, 0.5) is 0 Å². The minimum absolute atomic E-state index is 0.365. The fourth-order valence-electron chi connectivity index (χ4n) is 1.66. The summed E-state index contributed by atoms with van der Waals surface area (Å²) in [5.74, 6) is 1.55. The molecule has 0 bridgehead atoms. The summed E-state index contributed by atoms with van der Waals surface area (Å²) in [6.45, 7) is 1.68. The van der Waals surface area contributed by atoms with Crippen LogP contribution in [0.5, 0.6) is 11.5 Å². The van der Waals surface area contributed by atoms with Crippen molar-refractivity contribution < 1.29 is 9.84 Å². The quantitative estimate of drug-likeness (QED) is 0.868. The van der Waals surface area contributed by atoms with E-state index in [0.29, 0.717) is 0 Å². The molecule has 3 nitrogen and oxygen atoms in total. The third-order valence-corrected chi connectivity index (χ3v) is 2.76. The molecule has 94 valence electrons. The van der Waals surface area contributed by atoms with Crippen molar-refractivity contribution in [2.75, 3.05) is 0 Å². The molecule has 0 aliphatic heterocycles. The Hall–Kier alpha value is -1.84. The monoisotopic (exact) mass is 243 g/mol. The minimum atomic E-state index is -0.564. The highest BCUT2D eigenvalue weighted by molar-refractivity contribution is 5.34. The minimum Gasteiger partial charge on any atom is -0.457 e. The summed E-state index contributed by atoms with van der Waals surface area (Å²) in [6, 6.07) is 16.7. The van der Waals surface area contributed by atoms with Crippen LogP contribution < -0.4 is 10.5 Å². The Kier molecular flexibility index (Phi) is 3.97. The average Bonchev–Trinajstić information content (AvgIpc) is 2.40. The maximum absolute atomic E-state index is 9.42. The molecule has 3 heteroatoms. The highest BCUT2D eigenvalue weighted by Gasteiger charge is 2.11. The Morgan fingerprint density at radius 1 is 0.944 bits per heavy atom. The smallest absolute Gasteiger partial charge is 0.127 e. The van der Waals surface area contributed by atoms with Crippen molar-refractivity contribution in [3.63, 3.8) is 0 Å². The maximum Gasteiger partial charge on any atom is 0.127 e. The predicted molar refractivity (Wildman–Crippen MR) is 71.6 cm³/mol. The summed E-state index contributed by atoms with van der Waals surface area (Å²) in [4.78, 5) is 0. The third kappa shape index (κ3) is 3.09. The molecule has 0 aliphatic rings. The molecular weight excluding hydrogens is 226 g/mol. The SMILES string of the molecule is C[C@@H](O)[C@@H](N)c1ccc(Oc2ccccc2)cc1. The van der Waals surface area contributed by atoms with Gasteiger partial charge in [-0.3, -0.25) is 0 Å². The van der Waals surface area contributed by atoms with Crippen LogP contribution in [-0.2, 0) is 0 Å². The number of nitrogens with two attached hydrogens (primary N) is 1. The van der Waals surface area contributed by atoms with Gasteiger partial charge in [0.2, 0.25) is 0 Å². The standard InChI is InChI=1S/C15H17NO2/c1-11(17)15(16)12-7-9-14(10-8-12)18-13-5-3-2-4-6-13/h2-11,15,17H,16H2,1H3/t11-,15-/m1/s1. The molecule has 18 heavy (non-hydrogen) atoms. The van der Waals surface area contributed by atoms with Crippen LogP contribution >= 0.6 is 0 Å². The summed E-state index contributed by atoms with van der Waals surface area (Å²) in [5.41, 5.74) is 6.74. The zero-order chi connectivity index (χ0) is 13.0. The highest BCUT2D eigenvalue weighted by atomic mass is 16.5. The molecule has 0 heterocycles. The fraction of sp³-hybridized carbons (Fsp3) is 0.200. The fourth-order valence-corrected chi connectivity index (χ4v) is 1.66. The van der Waals surface area contributed by atoms with Gasteiger partial charge in [-0.1, -0.05) is 30.3 Å². The second-order valence-corrected chi connectivity index (χ2v) is 4.25. The Bertz CT molecular complexity index is 480.